The first-order chi connectivity index (χ1) is 13.4. The number of nitrogens with zero attached hydrogens (tertiary/aromatic N) is 5. The summed E-state index contributed by atoms with van der Waals surface area (Å²) in [5.74, 6) is 0.265. The highest BCUT2D eigenvalue weighted by Gasteiger charge is 2.33. The van der Waals surface area contributed by atoms with Crippen LogP contribution in [0.15, 0.2) is 11.2 Å². The summed E-state index contributed by atoms with van der Waals surface area (Å²) in [6, 6.07) is 1.90. The molecule has 0 radical (unpaired) electrons. The molecule has 0 N–H and O–H groups in total. The highest BCUT2D eigenvalue weighted by Crippen LogP contribution is 2.19. The standard InChI is InChI=1S/C18H29N5O3S2/c1-15-13-16(2)20-18(19-15)27-14-17(24)21-9-11-23(12-10-21)28(25,26)22-7-5-3-4-6-8-22/h13H,3-12,14H2,1-2H3. The molecule has 0 spiro atoms. The highest BCUT2D eigenvalue weighted by atomic mass is 32.2. The lowest BCUT2D eigenvalue weighted by Gasteiger charge is -2.36. The lowest BCUT2D eigenvalue weighted by atomic mass is 10.2. The molecule has 0 aliphatic carbocycles. The van der Waals surface area contributed by atoms with Gasteiger partial charge in [0.15, 0.2) is 5.16 Å². The summed E-state index contributed by atoms with van der Waals surface area (Å²) in [7, 11) is -3.42. The van der Waals surface area contributed by atoms with Gasteiger partial charge in [-0.05, 0) is 32.8 Å². The zero-order chi connectivity index (χ0) is 20.1. The number of hydrogen-bond donors (Lipinski definition) is 0. The third kappa shape index (κ3) is 5.43. The van der Waals surface area contributed by atoms with Gasteiger partial charge in [0.05, 0.1) is 5.75 Å². The van der Waals surface area contributed by atoms with Gasteiger partial charge in [-0.15, -0.1) is 0 Å². The van der Waals surface area contributed by atoms with Crippen molar-refractivity contribution in [2.24, 2.45) is 0 Å². The maximum Gasteiger partial charge on any atom is 0.282 e. The second-order valence-electron chi connectivity index (χ2n) is 7.32. The predicted molar refractivity (Wildman–Crippen MR) is 109 cm³/mol. The first-order valence-corrected chi connectivity index (χ1v) is 12.2. The largest absolute Gasteiger partial charge is 0.339 e. The van der Waals surface area contributed by atoms with Crippen LogP contribution in [0.2, 0.25) is 0 Å². The second-order valence-corrected chi connectivity index (χ2v) is 10.2. The second kappa shape index (κ2) is 9.51. The van der Waals surface area contributed by atoms with E-state index in [1.54, 1.807) is 9.21 Å². The SMILES string of the molecule is Cc1cc(C)nc(SCC(=O)N2CCN(S(=O)(=O)N3CCCCCC3)CC2)n1. The molecule has 1 aromatic heterocycles. The monoisotopic (exact) mass is 427 g/mol. The summed E-state index contributed by atoms with van der Waals surface area (Å²) in [4.78, 5) is 22.9. The Morgan fingerprint density at radius 2 is 1.46 bits per heavy atom. The van der Waals surface area contributed by atoms with E-state index in [-0.39, 0.29) is 11.7 Å². The van der Waals surface area contributed by atoms with Crippen molar-refractivity contribution in [1.82, 2.24) is 23.5 Å². The molecule has 0 saturated carbocycles. The Hall–Kier alpha value is -1.23. The van der Waals surface area contributed by atoms with Crippen LogP contribution in [0.4, 0.5) is 0 Å². The minimum atomic E-state index is -3.42. The van der Waals surface area contributed by atoms with Gasteiger partial charge in [0.2, 0.25) is 5.91 Å². The third-order valence-corrected chi connectivity index (χ3v) is 7.96. The van der Waals surface area contributed by atoms with Crippen molar-refractivity contribution in [3.63, 3.8) is 0 Å². The van der Waals surface area contributed by atoms with E-state index in [2.05, 4.69) is 9.97 Å². The number of rotatable bonds is 5. The maximum absolute atomic E-state index is 12.9. The molecule has 8 nitrogen and oxygen atoms in total. The fourth-order valence-corrected chi connectivity index (χ4v) is 6.10. The smallest absolute Gasteiger partial charge is 0.282 e. The Morgan fingerprint density at radius 1 is 0.929 bits per heavy atom. The van der Waals surface area contributed by atoms with Crippen molar-refractivity contribution in [2.45, 2.75) is 44.7 Å². The van der Waals surface area contributed by atoms with Gasteiger partial charge < -0.3 is 4.90 Å². The van der Waals surface area contributed by atoms with Crippen molar-refractivity contribution >= 4 is 27.9 Å². The molecule has 2 saturated heterocycles. The number of amides is 1. The van der Waals surface area contributed by atoms with E-state index in [9.17, 15) is 13.2 Å². The van der Waals surface area contributed by atoms with Crippen LogP contribution in [0.25, 0.3) is 0 Å². The molecule has 3 rings (SSSR count). The number of hydrogen-bond acceptors (Lipinski definition) is 6. The fourth-order valence-electron chi connectivity index (χ4n) is 3.58. The van der Waals surface area contributed by atoms with Crippen molar-refractivity contribution in [3.05, 3.63) is 17.5 Å². The first-order valence-electron chi connectivity index (χ1n) is 9.84. The fraction of sp³-hybridized carbons (Fsp3) is 0.722. The van der Waals surface area contributed by atoms with Crippen molar-refractivity contribution < 1.29 is 13.2 Å². The van der Waals surface area contributed by atoms with Crippen LogP contribution < -0.4 is 0 Å². The van der Waals surface area contributed by atoms with E-state index in [0.717, 1.165) is 37.1 Å². The maximum atomic E-state index is 12.9. The summed E-state index contributed by atoms with van der Waals surface area (Å²) in [5.41, 5.74) is 1.77. The zero-order valence-electron chi connectivity index (χ0n) is 16.6. The molecule has 156 valence electrons. The number of carbonyl (C=O) groups excluding carboxylic acids is 1. The van der Waals surface area contributed by atoms with Gasteiger partial charge in [-0.25, -0.2) is 9.97 Å². The van der Waals surface area contributed by atoms with Gasteiger partial charge >= 0.3 is 0 Å². The van der Waals surface area contributed by atoms with Crippen LogP contribution in [-0.4, -0.2) is 82.8 Å². The Labute approximate surface area is 171 Å². The van der Waals surface area contributed by atoms with Gasteiger partial charge in [0.1, 0.15) is 0 Å². The van der Waals surface area contributed by atoms with Crippen LogP contribution in [0.3, 0.4) is 0 Å². The van der Waals surface area contributed by atoms with E-state index >= 15 is 0 Å². The topological polar surface area (TPSA) is 86.7 Å². The average molecular weight is 428 g/mol. The molecule has 2 aliphatic rings. The molecule has 0 bridgehead atoms. The van der Waals surface area contributed by atoms with Gasteiger partial charge in [-0.1, -0.05) is 24.6 Å². The highest BCUT2D eigenvalue weighted by molar-refractivity contribution is 7.99. The lowest BCUT2D eigenvalue weighted by molar-refractivity contribution is -0.129. The minimum absolute atomic E-state index is 0.000389. The normalized spacial score (nSPS) is 20.1. The molecule has 2 aliphatic heterocycles. The Morgan fingerprint density at radius 3 is 2.04 bits per heavy atom. The molecule has 10 heteroatoms. The van der Waals surface area contributed by atoms with Gasteiger partial charge in [-0.3, -0.25) is 4.79 Å². The Balaban J connectivity index is 1.50. The van der Waals surface area contributed by atoms with Crippen LogP contribution in [0.1, 0.15) is 37.1 Å². The molecular weight excluding hydrogens is 398 g/mol. The Kier molecular flexibility index (Phi) is 7.30. The van der Waals surface area contributed by atoms with Crippen molar-refractivity contribution in [2.75, 3.05) is 45.0 Å². The lowest BCUT2D eigenvalue weighted by Crippen LogP contribution is -2.54. The quantitative estimate of drug-likeness (QED) is 0.522. The summed E-state index contributed by atoms with van der Waals surface area (Å²) < 4.78 is 28.9. The van der Waals surface area contributed by atoms with Gasteiger partial charge in [0.25, 0.3) is 10.2 Å². The summed E-state index contributed by atoms with van der Waals surface area (Å²) >= 11 is 1.33. The van der Waals surface area contributed by atoms with Crippen LogP contribution >= 0.6 is 11.8 Å². The van der Waals surface area contributed by atoms with Gasteiger partial charge in [0, 0.05) is 50.7 Å². The summed E-state index contributed by atoms with van der Waals surface area (Å²) in [6.07, 6.45) is 4.04. The molecule has 0 aromatic carbocycles. The molecule has 1 amide bonds. The van der Waals surface area contributed by atoms with Crippen LogP contribution in [-0.2, 0) is 15.0 Å². The van der Waals surface area contributed by atoms with Gasteiger partial charge in [-0.2, -0.15) is 17.0 Å². The molecule has 0 unspecified atom stereocenters. The first kappa shape index (κ1) is 21.5. The molecule has 28 heavy (non-hydrogen) atoms. The van der Waals surface area contributed by atoms with E-state index in [4.69, 9.17) is 0 Å². The van der Waals surface area contributed by atoms with Crippen LogP contribution in [0.5, 0.6) is 0 Å². The molecule has 2 fully saturated rings. The van der Waals surface area contributed by atoms with Crippen molar-refractivity contribution in [1.29, 1.82) is 0 Å². The summed E-state index contributed by atoms with van der Waals surface area (Å²) in [6.45, 7) is 6.60. The van der Waals surface area contributed by atoms with E-state index in [0.29, 0.717) is 44.4 Å². The number of thioether (sulfide) groups is 1. The number of piperazine rings is 1. The molecule has 1 aromatic rings. The Bertz CT molecular complexity index is 766. The van der Waals surface area contributed by atoms with E-state index in [1.807, 2.05) is 19.9 Å². The molecule has 0 atom stereocenters. The predicted octanol–water partition coefficient (Wildman–Crippen LogP) is 1.45. The summed E-state index contributed by atoms with van der Waals surface area (Å²) in [5, 5.41) is 0.605. The minimum Gasteiger partial charge on any atom is -0.339 e. The third-order valence-electron chi connectivity index (χ3n) is 5.10. The number of aromatic nitrogens is 2. The van der Waals surface area contributed by atoms with E-state index < -0.39 is 10.2 Å². The molecular formula is C18H29N5O3S2. The average Bonchev–Trinajstić information content (AvgIpc) is 2.95. The van der Waals surface area contributed by atoms with Crippen molar-refractivity contribution in [3.8, 4) is 0 Å². The number of aryl methyl sites for hydroxylation is 2. The van der Waals surface area contributed by atoms with Crippen LogP contribution in [0, 0.1) is 13.8 Å². The van der Waals surface area contributed by atoms with E-state index in [1.165, 1.54) is 16.1 Å². The number of carbonyl (C=O) groups is 1. The zero-order valence-corrected chi connectivity index (χ0v) is 18.3. The molecule has 3 heterocycles.